The highest BCUT2D eigenvalue weighted by molar-refractivity contribution is 6.30. The maximum atomic E-state index is 6.01. The zero-order valence-electron chi connectivity index (χ0n) is 14.0. The van der Waals surface area contributed by atoms with Crippen molar-refractivity contribution in [3.8, 4) is 0 Å². The summed E-state index contributed by atoms with van der Waals surface area (Å²) in [7, 11) is 0. The van der Waals surface area contributed by atoms with Gasteiger partial charge in [-0.25, -0.2) is 4.98 Å². The number of para-hydroxylation sites is 2. The second-order valence-electron chi connectivity index (χ2n) is 5.92. The number of fused-ring (bicyclic) bond motifs is 1. The Kier molecular flexibility index (Phi) is 5.77. The van der Waals surface area contributed by atoms with Gasteiger partial charge in [0.2, 0.25) is 0 Å². The number of halogens is 2. The van der Waals surface area contributed by atoms with E-state index in [1.54, 1.807) is 0 Å². The summed E-state index contributed by atoms with van der Waals surface area (Å²) in [6.45, 7) is 0.756. The van der Waals surface area contributed by atoms with Gasteiger partial charge in [-0.05, 0) is 41.5 Å². The van der Waals surface area contributed by atoms with E-state index in [1.807, 2.05) is 48.5 Å². The molecule has 0 radical (unpaired) electrons. The summed E-state index contributed by atoms with van der Waals surface area (Å²) in [6.07, 6.45) is 4.17. The van der Waals surface area contributed by atoms with Crippen LogP contribution >= 0.6 is 11.6 Å². The normalized spacial score (nSPS) is 11.0. The molecular formula is C22H17Cl2N2-. The van der Waals surface area contributed by atoms with Crippen LogP contribution in [-0.2, 0) is 6.54 Å². The van der Waals surface area contributed by atoms with E-state index in [0.29, 0.717) is 0 Å². The van der Waals surface area contributed by atoms with Crippen LogP contribution in [0.1, 0.15) is 17.0 Å². The first kappa shape index (κ1) is 18.2. The second kappa shape index (κ2) is 8.22. The van der Waals surface area contributed by atoms with Gasteiger partial charge in [0.25, 0.3) is 0 Å². The van der Waals surface area contributed by atoms with Gasteiger partial charge in [0.1, 0.15) is 5.82 Å². The molecule has 1 aromatic heterocycles. The molecule has 0 fully saturated rings. The average Bonchev–Trinajstić information content (AvgIpc) is 3.00. The summed E-state index contributed by atoms with van der Waals surface area (Å²) in [6, 6.07) is 26.5. The molecule has 0 spiro atoms. The molecule has 0 atom stereocenters. The molecular weight excluding hydrogens is 363 g/mol. The molecule has 4 rings (SSSR count). The number of imidazole rings is 1. The molecule has 0 aliphatic rings. The zero-order chi connectivity index (χ0) is 17.1. The molecule has 2 nitrogen and oxygen atoms in total. The minimum absolute atomic E-state index is 0. The molecule has 0 bridgehead atoms. The Labute approximate surface area is 164 Å². The van der Waals surface area contributed by atoms with Crippen LogP contribution in [0, 0.1) is 0 Å². The highest BCUT2D eigenvalue weighted by atomic mass is 35.5. The molecule has 0 aliphatic carbocycles. The molecule has 0 amide bonds. The van der Waals surface area contributed by atoms with Crippen LogP contribution < -0.4 is 12.4 Å². The molecule has 26 heavy (non-hydrogen) atoms. The molecule has 1 heterocycles. The van der Waals surface area contributed by atoms with Crippen LogP contribution in [0.15, 0.2) is 78.9 Å². The smallest absolute Gasteiger partial charge is 0.134 e. The molecule has 4 heteroatoms. The second-order valence-corrected chi connectivity index (χ2v) is 6.35. The number of nitrogens with zero attached hydrogens (tertiary/aromatic N) is 2. The third kappa shape index (κ3) is 3.98. The predicted octanol–water partition coefficient (Wildman–Crippen LogP) is 2.91. The maximum absolute atomic E-state index is 6.01. The fourth-order valence-electron chi connectivity index (χ4n) is 2.89. The third-order valence-electron chi connectivity index (χ3n) is 4.16. The van der Waals surface area contributed by atoms with Crippen LogP contribution in [0.25, 0.3) is 23.2 Å². The van der Waals surface area contributed by atoms with Gasteiger partial charge in [-0.3, -0.25) is 0 Å². The number of rotatable bonds is 4. The number of hydrogen-bond donors (Lipinski definition) is 0. The van der Waals surface area contributed by atoms with Crippen LogP contribution in [0.2, 0.25) is 5.02 Å². The molecule has 0 unspecified atom stereocenters. The quantitative estimate of drug-likeness (QED) is 0.533. The average molecular weight is 380 g/mol. The van der Waals surface area contributed by atoms with Crippen molar-refractivity contribution in [3.05, 3.63) is 101 Å². The van der Waals surface area contributed by atoms with Crippen LogP contribution in [0.5, 0.6) is 0 Å². The Bertz CT molecular complexity index is 1020. The zero-order valence-corrected chi connectivity index (χ0v) is 15.5. The van der Waals surface area contributed by atoms with Crippen molar-refractivity contribution < 1.29 is 12.4 Å². The van der Waals surface area contributed by atoms with E-state index in [0.717, 1.165) is 34.0 Å². The highest BCUT2D eigenvalue weighted by Gasteiger charge is 2.08. The fourth-order valence-corrected chi connectivity index (χ4v) is 3.02. The van der Waals surface area contributed by atoms with E-state index >= 15 is 0 Å². The van der Waals surface area contributed by atoms with Gasteiger partial charge in [0.15, 0.2) is 0 Å². The van der Waals surface area contributed by atoms with Gasteiger partial charge in [-0.1, -0.05) is 72.3 Å². The first-order valence-corrected chi connectivity index (χ1v) is 8.60. The summed E-state index contributed by atoms with van der Waals surface area (Å²) < 4.78 is 2.23. The van der Waals surface area contributed by atoms with E-state index < -0.39 is 0 Å². The summed E-state index contributed by atoms with van der Waals surface area (Å²) in [5.41, 5.74) is 4.49. The van der Waals surface area contributed by atoms with E-state index in [1.165, 1.54) is 5.56 Å². The first-order valence-electron chi connectivity index (χ1n) is 8.22. The number of hydrogen-bond acceptors (Lipinski definition) is 1. The van der Waals surface area contributed by atoms with Crippen molar-refractivity contribution >= 4 is 34.8 Å². The van der Waals surface area contributed by atoms with Crippen molar-refractivity contribution in [2.75, 3.05) is 0 Å². The van der Waals surface area contributed by atoms with Gasteiger partial charge in [-0.2, -0.15) is 0 Å². The number of aromatic nitrogens is 2. The SMILES string of the molecule is Clc1ccc(Cn2c(/C=C/c3ccccc3)nc3ccccc32)cc1.[Cl-]. The number of benzene rings is 3. The lowest BCUT2D eigenvalue weighted by molar-refractivity contribution is -0.00000480. The van der Waals surface area contributed by atoms with E-state index in [-0.39, 0.29) is 12.4 Å². The van der Waals surface area contributed by atoms with Crippen molar-refractivity contribution in [2.24, 2.45) is 0 Å². The standard InChI is InChI=1S/C22H17ClN2.ClH/c23-19-13-10-18(11-14-19)16-25-21-9-5-4-8-20(21)24-22(25)15-12-17-6-2-1-3-7-17;/h1-15H,16H2;1H/p-1/b15-12+;. The Morgan fingerprint density at radius 3 is 2.27 bits per heavy atom. The van der Waals surface area contributed by atoms with Gasteiger partial charge in [0.05, 0.1) is 11.0 Å². The van der Waals surface area contributed by atoms with Crippen molar-refractivity contribution in [3.63, 3.8) is 0 Å². The first-order chi connectivity index (χ1) is 12.3. The molecule has 0 saturated carbocycles. The largest absolute Gasteiger partial charge is 1.00 e. The molecule has 4 aromatic rings. The van der Waals surface area contributed by atoms with Gasteiger partial charge >= 0.3 is 0 Å². The minimum atomic E-state index is 0. The lowest BCUT2D eigenvalue weighted by Crippen LogP contribution is -3.00. The van der Waals surface area contributed by atoms with Gasteiger partial charge < -0.3 is 17.0 Å². The van der Waals surface area contributed by atoms with Gasteiger partial charge in [0, 0.05) is 11.6 Å². The van der Waals surface area contributed by atoms with Crippen LogP contribution in [0.4, 0.5) is 0 Å². The van der Waals surface area contributed by atoms with E-state index in [2.05, 4.69) is 47.1 Å². The van der Waals surface area contributed by atoms with Crippen molar-refractivity contribution in [1.29, 1.82) is 0 Å². The Morgan fingerprint density at radius 1 is 0.808 bits per heavy atom. The van der Waals surface area contributed by atoms with Crippen molar-refractivity contribution in [2.45, 2.75) is 6.54 Å². The lowest BCUT2D eigenvalue weighted by atomic mass is 10.2. The highest BCUT2D eigenvalue weighted by Crippen LogP contribution is 2.20. The third-order valence-corrected chi connectivity index (χ3v) is 4.41. The van der Waals surface area contributed by atoms with Crippen molar-refractivity contribution in [1.82, 2.24) is 9.55 Å². The Balaban J connectivity index is 0.00000196. The van der Waals surface area contributed by atoms with Crippen LogP contribution in [-0.4, -0.2) is 9.55 Å². The van der Waals surface area contributed by atoms with Crippen LogP contribution in [0.3, 0.4) is 0 Å². The van der Waals surface area contributed by atoms with E-state index in [4.69, 9.17) is 16.6 Å². The summed E-state index contributed by atoms with van der Waals surface area (Å²) in [4.78, 5) is 4.79. The van der Waals surface area contributed by atoms with Gasteiger partial charge in [-0.15, -0.1) is 0 Å². The maximum Gasteiger partial charge on any atom is 0.134 e. The Morgan fingerprint density at radius 2 is 1.50 bits per heavy atom. The molecule has 0 aliphatic heterocycles. The minimum Gasteiger partial charge on any atom is -1.00 e. The summed E-state index contributed by atoms with van der Waals surface area (Å²) >= 11 is 6.01. The molecule has 130 valence electrons. The molecule has 0 N–H and O–H groups in total. The molecule has 3 aromatic carbocycles. The monoisotopic (exact) mass is 379 g/mol. The lowest BCUT2D eigenvalue weighted by Gasteiger charge is -2.07. The fraction of sp³-hybridized carbons (Fsp3) is 0.0455. The molecule has 0 saturated heterocycles. The predicted molar refractivity (Wildman–Crippen MR) is 106 cm³/mol. The summed E-state index contributed by atoms with van der Waals surface area (Å²) in [5, 5.41) is 0.753. The topological polar surface area (TPSA) is 17.8 Å². The summed E-state index contributed by atoms with van der Waals surface area (Å²) in [5.74, 6) is 0.944. The van der Waals surface area contributed by atoms with E-state index in [9.17, 15) is 0 Å². The Hall–Kier alpha value is -2.55.